The minimum absolute atomic E-state index is 0. The first-order chi connectivity index (χ1) is 15.1. The standard InChI is InChI=1S/C24H34FN5O.HI/c1-26-24(27-16-20-6-4-5-7-21(20)18-29(2)3)28-17-23(30-12-14-31-15-13-30)19-8-10-22(25)11-9-19;/h4-11,23H,12-18H2,1-3H3,(H2,26,27,28);1H. The summed E-state index contributed by atoms with van der Waals surface area (Å²) >= 11 is 0. The van der Waals surface area contributed by atoms with Gasteiger partial charge in [-0.1, -0.05) is 36.4 Å². The zero-order valence-corrected chi connectivity index (χ0v) is 21.5. The Morgan fingerprint density at radius 2 is 1.72 bits per heavy atom. The topological polar surface area (TPSA) is 52.1 Å². The highest BCUT2D eigenvalue weighted by Crippen LogP contribution is 2.21. The van der Waals surface area contributed by atoms with Crippen LogP contribution in [0.25, 0.3) is 0 Å². The average molecular weight is 555 g/mol. The van der Waals surface area contributed by atoms with Crippen molar-refractivity contribution in [1.82, 2.24) is 20.4 Å². The van der Waals surface area contributed by atoms with Crippen LogP contribution >= 0.6 is 24.0 Å². The molecule has 1 fully saturated rings. The van der Waals surface area contributed by atoms with E-state index in [9.17, 15) is 4.39 Å². The van der Waals surface area contributed by atoms with Crippen molar-refractivity contribution in [2.45, 2.75) is 19.1 Å². The van der Waals surface area contributed by atoms with Gasteiger partial charge in [0.2, 0.25) is 0 Å². The highest BCUT2D eigenvalue weighted by Gasteiger charge is 2.23. The molecule has 1 aliphatic heterocycles. The largest absolute Gasteiger partial charge is 0.379 e. The van der Waals surface area contributed by atoms with Crippen LogP contribution in [-0.4, -0.2) is 69.8 Å². The highest BCUT2D eigenvalue weighted by molar-refractivity contribution is 14.0. The molecule has 176 valence electrons. The molecule has 0 saturated carbocycles. The molecule has 0 aromatic heterocycles. The minimum atomic E-state index is -0.216. The van der Waals surface area contributed by atoms with Gasteiger partial charge < -0.3 is 20.3 Å². The second-order valence-corrected chi connectivity index (χ2v) is 8.03. The molecule has 1 saturated heterocycles. The fourth-order valence-corrected chi connectivity index (χ4v) is 3.85. The Labute approximate surface area is 208 Å². The lowest BCUT2D eigenvalue weighted by molar-refractivity contribution is 0.0170. The van der Waals surface area contributed by atoms with Crippen LogP contribution in [0.5, 0.6) is 0 Å². The Balaban J connectivity index is 0.00000363. The number of hydrogen-bond acceptors (Lipinski definition) is 4. The van der Waals surface area contributed by atoms with E-state index in [4.69, 9.17) is 4.74 Å². The third-order valence-corrected chi connectivity index (χ3v) is 5.48. The molecule has 0 bridgehead atoms. The number of nitrogens with zero attached hydrogens (tertiary/aromatic N) is 3. The molecule has 2 aromatic rings. The van der Waals surface area contributed by atoms with E-state index in [1.807, 2.05) is 12.1 Å². The minimum Gasteiger partial charge on any atom is -0.379 e. The van der Waals surface area contributed by atoms with E-state index in [0.717, 1.165) is 31.2 Å². The number of guanidine groups is 1. The molecule has 8 heteroatoms. The first-order valence-electron chi connectivity index (χ1n) is 10.8. The van der Waals surface area contributed by atoms with Crippen molar-refractivity contribution in [3.05, 3.63) is 71.0 Å². The van der Waals surface area contributed by atoms with E-state index in [1.165, 1.54) is 23.3 Å². The Morgan fingerprint density at radius 3 is 2.34 bits per heavy atom. The molecule has 1 aliphatic rings. The molecule has 1 atom stereocenters. The summed E-state index contributed by atoms with van der Waals surface area (Å²) in [5.41, 5.74) is 3.64. The van der Waals surface area contributed by atoms with Gasteiger partial charge in [0.05, 0.1) is 19.3 Å². The normalized spacial score (nSPS) is 15.8. The molecule has 32 heavy (non-hydrogen) atoms. The Bertz CT molecular complexity index is 841. The van der Waals surface area contributed by atoms with Crippen molar-refractivity contribution >= 4 is 29.9 Å². The molecule has 0 spiro atoms. The van der Waals surface area contributed by atoms with E-state index in [0.29, 0.717) is 26.3 Å². The van der Waals surface area contributed by atoms with Crippen molar-refractivity contribution in [1.29, 1.82) is 0 Å². The maximum Gasteiger partial charge on any atom is 0.191 e. The van der Waals surface area contributed by atoms with E-state index < -0.39 is 0 Å². The van der Waals surface area contributed by atoms with Crippen molar-refractivity contribution < 1.29 is 9.13 Å². The third-order valence-electron chi connectivity index (χ3n) is 5.48. The SMILES string of the molecule is CN=C(NCc1ccccc1CN(C)C)NCC(c1ccc(F)cc1)N1CCOCC1.I. The van der Waals surface area contributed by atoms with Gasteiger partial charge in [0, 0.05) is 39.8 Å². The summed E-state index contributed by atoms with van der Waals surface area (Å²) in [7, 11) is 5.93. The maximum absolute atomic E-state index is 13.5. The van der Waals surface area contributed by atoms with Gasteiger partial charge in [0.25, 0.3) is 0 Å². The maximum atomic E-state index is 13.5. The van der Waals surface area contributed by atoms with Gasteiger partial charge in [0.1, 0.15) is 5.82 Å². The van der Waals surface area contributed by atoms with Crippen molar-refractivity contribution in [2.24, 2.45) is 4.99 Å². The fraction of sp³-hybridized carbons (Fsp3) is 0.458. The molecule has 2 aromatic carbocycles. The van der Waals surface area contributed by atoms with Gasteiger partial charge in [-0.2, -0.15) is 0 Å². The van der Waals surface area contributed by atoms with Crippen LogP contribution in [0.3, 0.4) is 0 Å². The second-order valence-electron chi connectivity index (χ2n) is 8.03. The van der Waals surface area contributed by atoms with Gasteiger partial charge in [0.15, 0.2) is 5.96 Å². The van der Waals surface area contributed by atoms with Crippen molar-refractivity contribution in [3.63, 3.8) is 0 Å². The van der Waals surface area contributed by atoms with Crippen LogP contribution in [0.15, 0.2) is 53.5 Å². The summed E-state index contributed by atoms with van der Waals surface area (Å²) in [6.45, 7) is 5.41. The number of ether oxygens (including phenoxy) is 1. The first-order valence-corrected chi connectivity index (χ1v) is 10.8. The predicted molar refractivity (Wildman–Crippen MR) is 139 cm³/mol. The van der Waals surface area contributed by atoms with Gasteiger partial charge in [-0.05, 0) is 42.9 Å². The van der Waals surface area contributed by atoms with Gasteiger partial charge in [-0.3, -0.25) is 9.89 Å². The molecular formula is C24H35FIN5O. The number of nitrogens with one attached hydrogen (secondary N) is 2. The van der Waals surface area contributed by atoms with Crippen LogP contribution in [0.4, 0.5) is 4.39 Å². The monoisotopic (exact) mass is 555 g/mol. The quantitative estimate of drug-likeness (QED) is 0.298. The zero-order valence-electron chi connectivity index (χ0n) is 19.2. The summed E-state index contributed by atoms with van der Waals surface area (Å²) in [4.78, 5) is 8.95. The molecule has 0 aliphatic carbocycles. The number of rotatable bonds is 8. The number of aliphatic imine (C=N–C) groups is 1. The Kier molecular flexibility index (Phi) is 11.4. The number of hydrogen-bond donors (Lipinski definition) is 2. The van der Waals surface area contributed by atoms with E-state index >= 15 is 0 Å². The van der Waals surface area contributed by atoms with E-state index in [1.54, 1.807) is 7.05 Å². The fourth-order valence-electron chi connectivity index (χ4n) is 3.85. The average Bonchev–Trinajstić information content (AvgIpc) is 2.78. The Morgan fingerprint density at radius 1 is 1.06 bits per heavy atom. The summed E-state index contributed by atoms with van der Waals surface area (Å²) in [5, 5.41) is 6.90. The molecule has 1 unspecified atom stereocenters. The molecular weight excluding hydrogens is 520 g/mol. The lowest BCUT2D eigenvalue weighted by Gasteiger charge is -2.35. The van der Waals surface area contributed by atoms with E-state index in [2.05, 4.69) is 63.8 Å². The van der Waals surface area contributed by atoms with Crippen LogP contribution in [0, 0.1) is 5.82 Å². The molecule has 2 N–H and O–H groups in total. The molecule has 6 nitrogen and oxygen atoms in total. The highest BCUT2D eigenvalue weighted by atomic mass is 127. The van der Waals surface area contributed by atoms with Crippen LogP contribution < -0.4 is 10.6 Å². The van der Waals surface area contributed by atoms with Crippen LogP contribution in [0.1, 0.15) is 22.7 Å². The van der Waals surface area contributed by atoms with Gasteiger partial charge >= 0.3 is 0 Å². The van der Waals surface area contributed by atoms with Gasteiger partial charge in [-0.25, -0.2) is 4.39 Å². The zero-order chi connectivity index (χ0) is 22.1. The predicted octanol–water partition coefficient (Wildman–Crippen LogP) is 3.24. The second kappa shape index (κ2) is 13.7. The third kappa shape index (κ3) is 7.99. The molecule has 0 radical (unpaired) electrons. The van der Waals surface area contributed by atoms with Crippen LogP contribution in [0.2, 0.25) is 0 Å². The number of benzene rings is 2. The lowest BCUT2D eigenvalue weighted by Crippen LogP contribution is -2.46. The molecule has 3 rings (SSSR count). The van der Waals surface area contributed by atoms with Gasteiger partial charge in [-0.15, -0.1) is 24.0 Å². The van der Waals surface area contributed by atoms with E-state index in [-0.39, 0.29) is 35.8 Å². The van der Waals surface area contributed by atoms with Crippen molar-refractivity contribution in [2.75, 3.05) is 54.0 Å². The molecule has 1 heterocycles. The number of morpholine rings is 1. The lowest BCUT2D eigenvalue weighted by atomic mass is 10.0. The smallest absolute Gasteiger partial charge is 0.191 e. The first kappa shape index (κ1) is 26.5. The summed E-state index contributed by atoms with van der Waals surface area (Å²) < 4.78 is 19.0. The Hall–Kier alpha value is -1.75. The summed E-state index contributed by atoms with van der Waals surface area (Å²) in [6.07, 6.45) is 0. The molecule has 0 amide bonds. The number of halogens is 2. The summed E-state index contributed by atoms with van der Waals surface area (Å²) in [6, 6.07) is 15.3. The summed E-state index contributed by atoms with van der Waals surface area (Å²) in [5.74, 6) is 0.534. The van der Waals surface area contributed by atoms with Crippen LogP contribution in [-0.2, 0) is 17.8 Å². The van der Waals surface area contributed by atoms with Crippen molar-refractivity contribution in [3.8, 4) is 0 Å².